The molecule has 1 aliphatic heterocycles. The Bertz CT molecular complexity index is 976. The van der Waals surface area contributed by atoms with Gasteiger partial charge in [0.1, 0.15) is 18.3 Å². The van der Waals surface area contributed by atoms with Crippen molar-refractivity contribution in [2.75, 3.05) is 0 Å². The normalized spacial score (nSPS) is 24.6. The highest BCUT2D eigenvalue weighted by Crippen LogP contribution is 2.31. The fraction of sp³-hybridized carbons (Fsp3) is 0.333. The predicted molar refractivity (Wildman–Crippen MR) is 134 cm³/mol. The number of ether oxygens (including phenoxy) is 4. The predicted octanol–water partition coefficient (Wildman–Crippen LogP) is 6.11. The Labute approximate surface area is 203 Å². The van der Waals surface area contributed by atoms with Gasteiger partial charge in [-0.25, -0.2) is 0 Å². The minimum absolute atomic E-state index is 0.147. The van der Waals surface area contributed by atoms with Crippen molar-refractivity contribution in [1.29, 1.82) is 0 Å². The van der Waals surface area contributed by atoms with Crippen molar-refractivity contribution in [1.82, 2.24) is 0 Å². The Morgan fingerprint density at radius 1 is 0.647 bits per heavy atom. The van der Waals surface area contributed by atoms with E-state index >= 15 is 0 Å². The van der Waals surface area contributed by atoms with Gasteiger partial charge in [0, 0.05) is 0 Å². The van der Waals surface area contributed by atoms with Crippen LogP contribution in [0, 0.1) is 0 Å². The van der Waals surface area contributed by atoms with Crippen molar-refractivity contribution in [2.24, 2.45) is 0 Å². The maximum atomic E-state index is 6.55. The molecule has 178 valence electrons. The van der Waals surface area contributed by atoms with Crippen LogP contribution in [0.1, 0.15) is 30.0 Å². The average Bonchev–Trinajstić information content (AvgIpc) is 2.88. The molecule has 3 aromatic rings. The minimum Gasteiger partial charge on any atom is -0.369 e. The Kier molecular flexibility index (Phi) is 9.05. The minimum atomic E-state index is -0.293. The van der Waals surface area contributed by atoms with Crippen LogP contribution in [0.5, 0.6) is 0 Å². The first-order valence-corrected chi connectivity index (χ1v) is 12.0. The smallest absolute Gasteiger partial charge is 0.115 e. The van der Waals surface area contributed by atoms with E-state index in [4.69, 9.17) is 18.9 Å². The van der Waals surface area contributed by atoms with Crippen LogP contribution in [0.2, 0.25) is 0 Å². The van der Waals surface area contributed by atoms with E-state index in [-0.39, 0.29) is 30.5 Å². The van der Waals surface area contributed by atoms with E-state index < -0.39 is 0 Å². The molecule has 0 bridgehead atoms. The first kappa shape index (κ1) is 24.4. The number of hydrogen-bond acceptors (Lipinski definition) is 4. The Hall–Kier alpha value is -2.76. The lowest BCUT2D eigenvalue weighted by atomic mass is 9.93. The van der Waals surface area contributed by atoms with Gasteiger partial charge in [0.25, 0.3) is 0 Å². The molecule has 0 saturated carbocycles. The highest BCUT2D eigenvalue weighted by Gasteiger charge is 2.46. The van der Waals surface area contributed by atoms with Gasteiger partial charge in [0.2, 0.25) is 0 Å². The largest absolute Gasteiger partial charge is 0.369 e. The molecule has 0 aromatic heterocycles. The number of rotatable bonds is 11. The zero-order valence-corrected chi connectivity index (χ0v) is 19.8. The molecule has 1 heterocycles. The second kappa shape index (κ2) is 12.6. The molecule has 3 aromatic carbocycles. The quantitative estimate of drug-likeness (QED) is 0.325. The Balaban J connectivity index is 1.55. The fourth-order valence-corrected chi connectivity index (χ4v) is 4.37. The highest BCUT2D eigenvalue weighted by molar-refractivity contribution is 5.15. The summed E-state index contributed by atoms with van der Waals surface area (Å²) in [6.45, 7) is 7.44. The Morgan fingerprint density at radius 2 is 1.06 bits per heavy atom. The summed E-state index contributed by atoms with van der Waals surface area (Å²) in [6.07, 6.45) is 1.40. The van der Waals surface area contributed by atoms with Crippen molar-refractivity contribution in [2.45, 2.75) is 63.7 Å². The lowest BCUT2D eigenvalue weighted by molar-refractivity contribution is -0.260. The maximum absolute atomic E-state index is 6.55. The molecule has 1 aliphatic rings. The molecule has 34 heavy (non-hydrogen) atoms. The summed E-state index contributed by atoms with van der Waals surface area (Å²) in [5, 5.41) is 0. The molecule has 0 N–H and O–H groups in total. The second-order valence-electron chi connectivity index (χ2n) is 8.69. The van der Waals surface area contributed by atoms with Crippen LogP contribution in [-0.2, 0) is 38.8 Å². The van der Waals surface area contributed by atoms with E-state index in [2.05, 4.69) is 49.9 Å². The van der Waals surface area contributed by atoms with Crippen LogP contribution in [0.3, 0.4) is 0 Å². The lowest BCUT2D eigenvalue weighted by Gasteiger charge is -2.45. The third kappa shape index (κ3) is 6.64. The summed E-state index contributed by atoms with van der Waals surface area (Å²) in [5.74, 6) is 0. The summed E-state index contributed by atoms with van der Waals surface area (Å²) < 4.78 is 25.9. The molecule has 0 radical (unpaired) electrons. The van der Waals surface area contributed by atoms with Gasteiger partial charge in [-0.3, -0.25) is 0 Å². The molecule has 0 unspecified atom stereocenters. The van der Waals surface area contributed by atoms with Gasteiger partial charge in [0.15, 0.2) is 0 Å². The third-order valence-electron chi connectivity index (χ3n) is 6.12. The van der Waals surface area contributed by atoms with E-state index in [0.29, 0.717) is 26.2 Å². The zero-order valence-electron chi connectivity index (χ0n) is 19.8. The van der Waals surface area contributed by atoms with Gasteiger partial charge >= 0.3 is 0 Å². The van der Waals surface area contributed by atoms with Crippen molar-refractivity contribution >= 4 is 0 Å². The molecule has 4 rings (SSSR count). The first-order chi connectivity index (χ1) is 16.7. The molecular weight excluding hydrogens is 424 g/mol. The SMILES string of the molecule is C=CC[C@@H]1O[C@@H](C)[C@@H](OCc2ccccc2)[C@@H](OCc2ccccc2)[C@@H]1OCc1ccccc1. The maximum Gasteiger partial charge on any atom is 0.115 e. The molecule has 1 saturated heterocycles. The van der Waals surface area contributed by atoms with Gasteiger partial charge in [-0.05, 0) is 30.0 Å². The van der Waals surface area contributed by atoms with Crippen LogP contribution in [0.4, 0.5) is 0 Å². The van der Waals surface area contributed by atoms with Crippen molar-refractivity contribution < 1.29 is 18.9 Å². The van der Waals surface area contributed by atoms with E-state index in [0.717, 1.165) is 16.7 Å². The summed E-state index contributed by atoms with van der Waals surface area (Å²) in [5.41, 5.74) is 3.35. The van der Waals surface area contributed by atoms with Crippen molar-refractivity contribution in [3.05, 3.63) is 120 Å². The second-order valence-corrected chi connectivity index (χ2v) is 8.69. The lowest BCUT2D eigenvalue weighted by Crippen LogP contribution is -2.59. The van der Waals surface area contributed by atoms with Crippen LogP contribution in [-0.4, -0.2) is 30.5 Å². The van der Waals surface area contributed by atoms with Gasteiger partial charge in [-0.15, -0.1) is 6.58 Å². The molecule has 0 aliphatic carbocycles. The van der Waals surface area contributed by atoms with E-state index in [9.17, 15) is 0 Å². The van der Waals surface area contributed by atoms with Crippen molar-refractivity contribution in [3.63, 3.8) is 0 Å². The summed E-state index contributed by atoms with van der Waals surface area (Å²) in [4.78, 5) is 0. The van der Waals surface area contributed by atoms with E-state index in [1.54, 1.807) is 0 Å². The average molecular weight is 459 g/mol. The standard InChI is InChI=1S/C30H34O4/c1-3-13-27-29(32-21-25-16-9-5-10-17-25)30(33-22-26-18-11-6-12-19-26)28(23(2)34-27)31-20-24-14-7-4-8-15-24/h3-12,14-19,23,27-30H,1,13,20-22H2,2H3/t23-,27-,28+,29+,30+/m0/s1. The summed E-state index contributed by atoms with van der Waals surface area (Å²) in [7, 11) is 0. The first-order valence-electron chi connectivity index (χ1n) is 12.0. The summed E-state index contributed by atoms with van der Waals surface area (Å²) in [6, 6.07) is 30.6. The molecule has 4 nitrogen and oxygen atoms in total. The van der Waals surface area contributed by atoms with Gasteiger partial charge in [0.05, 0.1) is 32.0 Å². The van der Waals surface area contributed by atoms with Gasteiger partial charge in [-0.1, -0.05) is 97.1 Å². The Morgan fingerprint density at radius 3 is 1.50 bits per heavy atom. The highest BCUT2D eigenvalue weighted by atomic mass is 16.6. The van der Waals surface area contributed by atoms with Crippen LogP contribution < -0.4 is 0 Å². The fourth-order valence-electron chi connectivity index (χ4n) is 4.37. The molecule has 0 spiro atoms. The van der Waals surface area contributed by atoms with Crippen LogP contribution >= 0.6 is 0 Å². The van der Waals surface area contributed by atoms with E-state index in [1.165, 1.54) is 0 Å². The molecule has 1 fully saturated rings. The van der Waals surface area contributed by atoms with Gasteiger partial charge < -0.3 is 18.9 Å². The van der Waals surface area contributed by atoms with Crippen LogP contribution in [0.25, 0.3) is 0 Å². The van der Waals surface area contributed by atoms with E-state index in [1.807, 2.05) is 60.7 Å². The van der Waals surface area contributed by atoms with Crippen LogP contribution in [0.15, 0.2) is 104 Å². The number of benzene rings is 3. The zero-order chi connectivity index (χ0) is 23.6. The monoisotopic (exact) mass is 458 g/mol. The molecule has 4 heteroatoms. The third-order valence-corrected chi connectivity index (χ3v) is 6.12. The summed E-state index contributed by atoms with van der Waals surface area (Å²) >= 11 is 0. The molecule has 0 amide bonds. The molecule has 5 atom stereocenters. The molecular formula is C30H34O4. The van der Waals surface area contributed by atoms with Crippen molar-refractivity contribution in [3.8, 4) is 0 Å². The van der Waals surface area contributed by atoms with Gasteiger partial charge in [-0.2, -0.15) is 0 Å². The topological polar surface area (TPSA) is 36.9 Å². The number of hydrogen-bond donors (Lipinski definition) is 0.